The van der Waals surface area contributed by atoms with Gasteiger partial charge < -0.3 is 11.1 Å². The van der Waals surface area contributed by atoms with Crippen LogP contribution < -0.4 is 15.8 Å². The number of anilines is 2. The van der Waals surface area contributed by atoms with E-state index < -0.39 is 10.0 Å². The number of carbonyl (C=O) groups excluding carboxylic acids is 1. The van der Waals surface area contributed by atoms with Crippen molar-refractivity contribution in [3.8, 4) is 0 Å². The van der Waals surface area contributed by atoms with Gasteiger partial charge in [-0.2, -0.15) is 4.98 Å². The van der Waals surface area contributed by atoms with Crippen LogP contribution in [-0.4, -0.2) is 47.6 Å². The molecule has 0 radical (unpaired) electrons. The number of amidine groups is 1. The van der Waals surface area contributed by atoms with E-state index in [9.17, 15) is 13.2 Å². The molecule has 0 unspecified atom stereocenters. The van der Waals surface area contributed by atoms with Crippen molar-refractivity contribution in [1.82, 2.24) is 19.9 Å². The van der Waals surface area contributed by atoms with Gasteiger partial charge in [0.25, 0.3) is 10.0 Å². The maximum atomic E-state index is 12.6. The molecule has 3 rings (SSSR count). The van der Waals surface area contributed by atoms with Crippen LogP contribution in [-0.2, 0) is 14.8 Å². The molecule has 10 nitrogen and oxygen atoms in total. The summed E-state index contributed by atoms with van der Waals surface area (Å²) < 4.78 is 27.8. The number of thioether (sulfide) groups is 1. The Labute approximate surface area is 166 Å². The van der Waals surface area contributed by atoms with Crippen molar-refractivity contribution in [3.05, 3.63) is 24.3 Å². The van der Waals surface area contributed by atoms with Crippen LogP contribution in [0, 0.1) is 0 Å². The predicted octanol–water partition coefficient (Wildman–Crippen LogP) is 1.37. The molecule has 0 saturated carbocycles. The molecule has 1 amide bonds. The summed E-state index contributed by atoms with van der Waals surface area (Å²) in [4.78, 5) is 20.3. The highest BCUT2D eigenvalue weighted by atomic mass is 32.2. The molecule has 2 heterocycles. The van der Waals surface area contributed by atoms with Crippen LogP contribution in [0.15, 0.2) is 39.3 Å². The number of nitrogens with two attached hydrogens (primary N) is 1. The van der Waals surface area contributed by atoms with Crippen molar-refractivity contribution in [3.63, 3.8) is 0 Å². The molecule has 0 aliphatic carbocycles. The topological polar surface area (TPSA) is 155 Å². The van der Waals surface area contributed by atoms with Crippen molar-refractivity contribution in [2.75, 3.05) is 23.3 Å². The summed E-state index contributed by atoms with van der Waals surface area (Å²) >= 11 is 1.11. The molecule has 0 bridgehead atoms. The fraction of sp³-hybridized carbons (Fsp3) is 0.375. The number of hydrogen-bond donors (Lipinski definition) is 4. The van der Waals surface area contributed by atoms with E-state index in [-0.39, 0.29) is 22.5 Å². The van der Waals surface area contributed by atoms with E-state index in [2.05, 4.69) is 30.2 Å². The number of nitrogens with one attached hydrogen (secondary N) is 3. The van der Waals surface area contributed by atoms with Crippen LogP contribution in [0.3, 0.4) is 0 Å². The first-order valence-corrected chi connectivity index (χ1v) is 11.2. The molecule has 5 N–H and O–H groups in total. The molecule has 1 aromatic heterocycles. The third-order valence-electron chi connectivity index (χ3n) is 3.87. The van der Waals surface area contributed by atoms with Gasteiger partial charge in [-0.05, 0) is 31.0 Å². The van der Waals surface area contributed by atoms with Gasteiger partial charge in [-0.3, -0.25) is 14.5 Å². The van der Waals surface area contributed by atoms with E-state index in [0.29, 0.717) is 29.6 Å². The number of aliphatic imine (C=N–C) groups is 1. The second-order valence-corrected chi connectivity index (χ2v) is 8.74. The monoisotopic (exact) mass is 423 g/mol. The molecule has 150 valence electrons. The molecule has 0 saturated heterocycles. The molecule has 0 atom stereocenters. The molecule has 1 aromatic carbocycles. The average Bonchev–Trinajstić information content (AvgIpc) is 2.91. The summed E-state index contributed by atoms with van der Waals surface area (Å²) in [5.41, 5.74) is 5.81. The molecular weight excluding hydrogens is 402 g/mol. The van der Waals surface area contributed by atoms with Crippen molar-refractivity contribution < 1.29 is 13.2 Å². The number of aromatic amines is 1. The fourth-order valence-electron chi connectivity index (χ4n) is 2.56. The van der Waals surface area contributed by atoms with Crippen molar-refractivity contribution in [1.29, 1.82) is 0 Å². The van der Waals surface area contributed by atoms with E-state index >= 15 is 0 Å². The summed E-state index contributed by atoms with van der Waals surface area (Å²) in [6, 6.07) is 6.07. The van der Waals surface area contributed by atoms with Gasteiger partial charge in [-0.25, -0.2) is 13.5 Å². The Hall–Kier alpha value is -2.60. The Morgan fingerprint density at radius 3 is 2.93 bits per heavy atom. The van der Waals surface area contributed by atoms with Gasteiger partial charge in [0.2, 0.25) is 17.0 Å². The molecule has 0 fully saturated rings. The lowest BCUT2D eigenvalue weighted by molar-refractivity contribution is -0.113. The lowest BCUT2D eigenvalue weighted by Gasteiger charge is -2.11. The summed E-state index contributed by atoms with van der Waals surface area (Å²) in [7, 11) is -3.76. The first kappa shape index (κ1) is 20.1. The molecule has 1 aliphatic rings. The van der Waals surface area contributed by atoms with Gasteiger partial charge >= 0.3 is 0 Å². The number of rotatable bonds is 6. The SMILES string of the molecule is Nc1nc(SCC(=O)Nc2cccc(S(=O)(=O)NC3=NCCCCC3)c2)n[nH]1. The quantitative estimate of drug-likeness (QED) is 0.511. The molecule has 0 spiro atoms. The zero-order valence-electron chi connectivity index (χ0n) is 15.0. The smallest absolute Gasteiger partial charge is 0.262 e. The number of nitrogen functional groups attached to an aromatic ring is 1. The van der Waals surface area contributed by atoms with Crippen LogP contribution in [0.1, 0.15) is 25.7 Å². The summed E-state index contributed by atoms with van der Waals surface area (Å²) in [6.45, 7) is 0.627. The number of aromatic nitrogens is 3. The second kappa shape index (κ2) is 9.06. The normalized spacial score (nSPS) is 14.8. The number of nitrogens with zero attached hydrogens (tertiary/aromatic N) is 3. The Bertz CT molecular complexity index is 972. The highest BCUT2D eigenvalue weighted by Gasteiger charge is 2.18. The number of hydrogen-bond acceptors (Lipinski definition) is 8. The summed E-state index contributed by atoms with van der Waals surface area (Å²) in [5, 5.41) is 9.34. The van der Waals surface area contributed by atoms with Crippen molar-refractivity contribution in [2.24, 2.45) is 4.99 Å². The fourth-order valence-corrected chi connectivity index (χ4v) is 4.30. The van der Waals surface area contributed by atoms with Crippen LogP contribution >= 0.6 is 11.8 Å². The first-order valence-electron chi connectivity index (χ1n) is 8.69. The average molecular weight is 424 g/mol. The summed E-state index contributed by atoms with van der Waals surface area (Å²) in [5.74, 6) is 0.397. The maximum absolute atomic E-state index is 12.6. The van der Waals surface area contributed by atoms with Crippen LogP contribution in [0.5, 0.6) is 0 Å². The zero-order chi connectivity index (χ0) is 20.0. The number of carbonyl (C=O) groups is 1. The van der Waals surface area contributed by atoms with Gasteiger partial charge in [0.15, 0.2) is 0 Å². The second-order valence-electron chi connectivity index (χ2n) is 6.11. The highest BCUT2D eigenvalue weighted by molar-refractivity contribution is 7.99. The first-order chi connectivity index (χ1) is 13.4. The van der Waals surface area contributed by atoms with Crippen molar-refractivity contribution in [2.45, 2.75) is 35.7 Å². The minimum Gasteiger partial charge on any atom is -0.368 e. The van der Waals surface area contributed by atoms with Gasteiger partial charge in [0, 0.05) is 18.7 Å². The largest absolute Gasteiger partial charge is 0.368 e. The Balaban J connectivity index is 1.62. The number of benzene rings is 1. The van der Waals surface area contributed by atoms with E-state index in [1.807, 2.05) is 0 Å². The van der Waals surface area contributed by atoms with Gasteiger partial charge in [-0.15, -0.1) is 5.10 Å². The van der Waals surface area contributed by atoms with Crippen LogP contribution in [0.2, 0.25) is 0 Å². The molecule has 12 heteroatoms. The standard InChI is InChI=1S/C16H21N7O3S2/c17-15-20-16(22-21-15)27-10-14(24)19-11-5-4-6-12(9-11)28(25,26)23-13-7-2-1-3-8-18-13/h4-6,9H,1-3,7-8,10H2,(H,18,23)(H,19,24)(H3,17,20,21,22). The summed E-state index contributed by atoms with van der Waals surface area (Å²) in [6.07, 6.45) is 3.52. The third kappa shape index (κ3) is 5.70. The minimum absolute atomic E-state index is 0.0589. The lowest BCUT2D eigenvalue weighted by Crippen LogP contribution is -2.30. The van der Waals surface area contributed by atoms with Gasteiger partial charge in [-0.1, -0.05) is 24.2 Å². The number of amides is 1. The number of sulfonamides is 1. The Morgan fingerprint density at radius 2 is 2.14 bits per heavy atom. The molecular formula is C16H21N7O3S2. The maximum Gasteiger partial charge on any atom is 0.262 e. The Kier molecular flexibility index (Phi) is 6.52. The lowest BCUT2D eigenvalue weighted by atomic mass is 10.2. The minimum atomic E-state index is -3.76. The zero-order valence-corrected chi connectivity index (χ0v) is 16.6. The number of H-pyrrole nitrogens is 1. The Morgan fingerprint density at radius 1 is 1.29 bits per heavy atom. The van der Waals surface area contributed by atoms with Crippen molar-refractivity contribution >= 4 is 45.2 Å². The molecule has 28 heavy (non-hydrogen) atoms. The van der Waals surface area contributed by atoms with E-state index in [4.69, 9.17) is 5.73 Å². The van der Waals surface area contributed by atoms with Gasteiger partial charge in [0.05, 0.1) is 10.6 Å². The van der Waals surface area contributed by atoms with Gasteiger partial charge in [0.1, 0.15) is 5.84 Å². The predicted molar refractivity (Wildman–Crippen MR) is 108 cm³/mol. The van der Waals surface area contributed by atoms with Crippen LogP contribution in [0.25, 0.3) is 0 Å². The van der Waals surface area contributed by atoms with Crippen LogP contribution in [0.4, 0.5) is 11.6 Å². The third-order valence-corrected chi connectivity index (χ3v) is 6.10. The van der Waals surface area contributed by atoms with E-state index in [1.165, 1.54) is 12.1 Å². The van der Waals surface area contributed by atoms with E-state index in [0.717, 1.165) is 31.0 Å². The molecule has 2 aromatic rings. The molecule has 1 aliphatic heterocycles. The highest BCUT2D eigenvalue weighted by Crippen LogP contribution is 2.18. The van der Waals surface area contributed by atoms with E-state index in [1.54, 1.807) is 12.1 Å².